The Labute approximate surface area is 127 Å². The molecule has 0 unspecified atom stereocenters. The van der Waals surface area contributed by atoms with Crippen molar-refractivity contribution in [3.63, 3.8) is 0 Å². The van der Waals surface area contributed by atoms with Gasteiger partial charge in [0, 0.05) is 29.6 Å². The lowest BCUT2D eigenvalue weighted by molar-refractivity contribution is 0.0311. The highest BCUT2D eigenvalue weighted by atomic mass is 79.9. The van der Waals surface area contributed by atoms with Gasteiger partial charge >= 0.3 is 0 Å². The fraction of sp³-hybridized carbons (Fsp3) is 0.500. The normalized spacial score (nSPS) is 19.5. The van der Waals surface area contributed by atoms with Crippen molar-refractivity contribution in [2.75, 3.05) is 26.7 Å². The van der Waals surface area contributed by atoms with Gasteiger partial charge in [-0.2, -0.15) is 0 Å². The zero-order valence-electron chi connectivity index (χ0n) is 11.4. The fourth-order valence-electron chi connectivity index (χ4n) is 2.25. The predicted octanol–water partition coefficient (Wildman–Crippen LogP) is 3.27. The Morgan fingerprint density at radius 2 is 2.05 bits per heavy atom. The van der Waals surface area contributed by atoms with Gasteiger partial charge in [0.25, 0.3) is 5.91 Å². The van der Waals surface area contributed by atoms with Crippen LogP contribution in [0.2, 0.25) is 5.02 Å². The van der Waals surface area contributed by atoms with Crippen molar-refractivity contribution < 1.29 is 4.79 Å². The highest BCUT2D eigenvalue weighted by Gasteiger charge is 2.33. The monoisotopic (exact) mass is 344 g/mol. The minimum atomic E-state index is -0.00754. The Morgan fingerprint density at radius 3 is 2.68 bits per heavy atom. The summed E-state index contributed by atoms with van der Waals surface area (Å²) in [5.74, 6) is 0.00692. The second-order valence-corrected chi connectivity index (χ2v) is 6.91. The molecule has 19 heavy (non-hydrogen) atoms. The number of benzene rings is 1. The lowest BCUT2D eigenvalue weighted by atomic mass is 9.99. The first kappa shape index (κ1) is 14.8. The third kappa shape index (κ3) is 3.12. The topological polar surface area (TPSA) is 23.6 Å². The number of carbonyl (C=O) groups is 1. The smallest absolute Gasteiger partial charge is 0.255 e. The van der Waals surface area contributed by atoms with Crippen molar-refractivity contribution in [1.82, 2.24) is 9.80 Å². The van der Waals surface area contributed by atoms with Crippen molar-refractivity contribution in [3.8, 4) is 0 Å². The molecule has 1 heterocycles. The van der Waals surface area contributed by atoms with E-state index in [1.807, 2.05) is 11.0 Å². The summed E-state index contributed by atoms with van der Waals surface area (Å²) in [7, 11) is 2.09. The molecule has 1 aromatic carbocycles. The summed E-state index contributed by atoms with van der Waals surface area (Å²) < 4.78 is 0.869. The molecule has 1 aliphatic heterocycles. The van der Waals surface area contributed by atoms with Gasteiger partial charge in [-0.15, -0.1) is 0 Å². The average molecular weight is 346 g/mol. The molecule has 0 spiro atoms. The van der Waals surface area contributed by atoms with E-state index in [0.29, 0.717) is 17.1 Å². The summed E-state index contributed by atoms with van der Waals surface area (Å²) in [5.41, 5.74) is 0.559. The molecule has 1 fully saturated rings. The van der Waals surface area contributed by atoms with Gasteiger partial charge in [-0.1, -0.05) is 27.5 Å². The van der Waals surface area contributed by atoms with Gasteiger partial charge in [-0.25, -0.2) is 0 Å². The molecule has 0 aliphatic carbocycles. The summed E-state index contributed by atoms with van der Waals surface area (Å²) >= 11 is 9.51. The summed E-state index contributed by atoms with van der Waals surface area (Å²) in [6.45, 7) is 6.63. The van der Waals surface area contributed by atoms with Crippen molar-refractivity contribution >= 4 is 33.4 Å². The van der Waals surface area contributed by atoms with E-state index in [2.05, 4.69) is 41.7 Å². The molecule has 1 aliphatic rings. The second kappa shape index (κ2) is 5.43. The predicted molar refractivity (Wildman–Crippen MR) is 81.8 cm³/mol. The minimum absolute atomic E-state index is 0.00692. The average Bonchev–Trinajstić information content (AvgIpc) is 2.35. The summed E-state index contributed by atoms with van der Waals surface area (Å²) in [6, 6.07) is 5.38. The van der Waals surface area contributed by atoms with Gasteiger partial charge in [0.1, 0.15) is 0 Å². The van der Waals surface area contributed by atoms with E-state index >= 15 is 0 Å². The van der Waals surface area contributed by atoms with Crippen LogP contribution in [0, 0.1) is 0 Å². The molecule has 3 nitrogen and oxygen atoms in total. The summed E-state index contributed by atoms with van der Waals surface area (Å²) in [4.78, 5) is 16.7. The van der Waals surface area contributed by atoms with Crippen molar-refractivity contribution in [2.45, 2.75) is 19.4 Å². The quantitative estimate of drug-likeness (QED) is 0.780. The first-order valence-electron chi connectivity index (χ1n) is 6.27. The number of amides is 1. The van der Waals surface area contributed by atoms with E-state index < -0.39 is 0 Å². The maximum atomic E-state index is 12.6. The molecule has 0 bridgehead atoms. The zero-order chi connectivity index (χ0) is 14.2. The number of hydrogen-bond acceptors (Lipinski definition) is 2. The molecule has 0 saturated carbocycles. The van der Waals surface area contributed by atoms with Crippen LogP contribution in [0.25, 0.3) is 0 Å². The number of piperazine rings is 1. The maximum Gasteiger partial charge on any atom is 0.255 e. The van der Waals surface area contributed by atoms with E-state index in [9.17, 15) is 4.79 Å². The van der Waals surface area contributed by atoms with E-state index in [-0.39, 0.29) is 11.4 Å². The molecule has 1 amide bonds. The molecule has 0 N–H and O–H groups in total. The lowest BCUT2D eigenvalue weighted by Gasteiger charge is -2.45. The van der Waals surface area contributed by atoms with Crippen LogP contribution in [0.15, 0.2) is 22.7 Å². The van der Waals surface area contributed by atoms with Crippen LogP contribution in [-0.2, 0) is 0 Å². The third-order valence-corrected chi connectivity index (χ3v) is 4.59. The van der Waals surface area contributed by atoms with E-state index in [4.69, 9.17) is 11.6 Å². The number of halogens is 2. The van der Waals surface area contributed by atoms with Crippen LogP contribution >= 0.6 is 27.5 Å². The van der Waals surface area contributed by atoms with Crippen LogP contribution in [0.4, 0.5) is 0 Å². The highest BCUT2D eigenvalue weighted by Crippen LogP contribution is 2.25. The Hall–Kier alpha value is -0.580. The Bertz CT molecular complexity index is 504. The van der Waals surface area contributed by atoms with Gasteiger partial charge in [-0.05, 0) is 39.1 Å². The highest BCUT2D eigenvalue weighted by molar-refractivity contribution is 9.10. The number of likely N-dealkylation sites (N-methyl/N-ethyl adjacent to an activating group) is 1. The molecule has 1 saturated heterocycles. The number of rotatable bonds is 1. The standard InChI is InChI=1S/C14H18BrClN2O/c1-14(2)9-18(7-6-17(14)3)13(19)11-8-10(15)4-5-12(11)16/h4-5,8H,6-7,9H2,1-3H3. The van der Waals surface area contributed by atoms with Crippen LogP contribution in [0.3, 0.4) is 0 Å². The summed E-state index contributed by atoms with van der Waals surface area (Å²) in [5, 5.41) is 0.505. The van der Waals surface area contributed by atoms with Crippen LogP contribution < -0.4 is 0 Å². The third-order valence-electron chi connectivity index (χ3n) is 3.76. The number of carbonyl (C=O) groups excluding carboxylic acids is 1. The van der Waals surface area contributed by atoms with Crippen molar-refractivity contribution in [2.24, 2.45) is 0 Å². The molecule has 1 aromatic rings. The molecule has 0 radical (unpaired) electrons. The minimum Gasteiger partial charge on any atom is -0.335 e. The Balaban J connectivity index is 2.23. The van der Waals surface area contributed by atoms with E-state index in [1.54, 1.807) is 12.1 Å². The molecule has 0 atom stereocenters. The molecular formula is C14H18BrClN2O. The van der Waals surface area contributed by atoms with Crippen molar-refractivity contribution in [3.05, 3.63) is 33.3 Å². The van der Waals surface area contributed by atoms with Gasteiger partial charge < -0.3 is 4.90 Å². The number of nitrogens with zero attached hydrogens (tertiary/aromatic N) is 2. The van der Waals surface area contributed by atoms with Crippen LogP contribution in [0.5, 0.6) is 0 Å². The maximum absolute atomic E-state index is 12.6. The van der Waals surface area contributed by atoms with Gasteiger partial charge in [0.05, 0.1) is 10.6 Å². The Morgan fingerprint density at radius 1 is 1.37 bits per heavy atom. The van der Waals surface area contributed by atoms with Crippen LogP contribution in [0.1, 0.15) is 24.2 Å². The van der Waals surface area contributed by atoms with Gasteiger partial charge in [0.2, 0.25) is 0 Å². The SMILES string of the molecule is CN1CCN(C(=O)c2cc(Br)ccc2Cl)CC1(C)C. The summed E-state index contributed by atoms with van der Waals surface area (Å²) in [6.07, 6.45) is 0. The molecule has 0 aromatic heterocycles. The van der Waals surface area contributed by atoms with Crippen molar-refractivity contribution in [1.29, 1.82) is 0 Å². The molecule has 5 heteroatoms. The zero-order valence-corrected chi connectivity index (χ0v) is 13.8. The molecular weight excluding hydrogens is 328 g/mol. The first-order valence-corrected chi connectivity index (χ1v) is 7.44. The second-order valence-electron chi connectivity index (χ2n) is 5.58. The van der Waals surface area contributed by atoms with Gasteiger partial charge in [-0.3, -0.25) is 9.69 Å². The molecule has 2 rings (SSSR count). The Kier molecular flexibility index (Phi) is 4.23. The van der Waals surface area contributed by atoms with E-state index in [0.717, 1.165) is 17.6 Å². The lowest BCUT2D eigenvalue weighted by Crippen LogP contribution is -2.58. The number of hydrogen-bond donors (Lipinski definition) is 0. The molecule has 104 valence electrons. The van der Waals surface area contributed by atoms with Crippen LogP contribution in [-0.4, -0.2) is 47.9 Å². The largest absolute Gasteiger partial charge is 0.335 e. The first-order chi connectivity index (χ1) is 8.81. The van der Waals surface area contributed by atoms with Gasteiger partial charge in [0.15, 0.2) is 0 Å². The van der Waals surface area contributed by atoms with E-state index in [1.165, 1.54) is 0 Å². The fourth-order valence-corrected chi connectivity index (χ4v) is 2.80.